The van der Waals surface area contributed by atoms with Crippen LogP contribution < -0.4 is 0 Å². The summed E-state index contributed by atoms with van der Waals surface area (Å²) in [5.41, 5.74) is 0. The summed E-state index contributed by atoms with van der Waals surface area (Å²) in [6.45, 7) is 2.16. The Bertz CT molecular complexity index is 523. The Morgan fingerprint density at radius 3 is 1.95 bits per heavy atom. The second-order valence-electron chi connectivity index (χ2n) is 8.70. The van der Waals surface area contributed by atoms with E-state index in [1.165, 1.54) is 19.3 Å². The Balaban J connectivity index is 2.47. The van der Waals surface area contributed by atoms with Crippen LogP contribution in [0.1, 0.15) is 19.3 Å². The number of hydrogen-bond acceptors (Lipinski definition) is 3. The third-order valence-corrected chi connectivity index (χ3v) is 24.7. The van der Waals surface area contributed by atoms with Gasteiger partial charge in [0.1, 0.15) is 0 Å². The normalized spacial score (nSPS) is 31.2. The van der Waals surface area contributed by atoms with E-state index in [9.17, 15) is 8.42 Å². The molecule has 1 saturated heterocycles. The van der Waals surface area contributed by atoms with Crippen molar-refractivity contribution in [1.29, 1.82) is 0 Å². The van der Waals surface area contributed by atoms with Gasteiger partial charge in [-0.2, -0.15) is 0 Å². The second kappa shape index (κ2) is 5.98. The summed E-state index contributed by atoms with van der Waals surface area (Å²) in [7, 11) is -3.06. The van der Waals surface area contributed by atoms with Gasteiger partial charge in [-0.3, -0.25) is 0 Å². The van der Waals surface area contributed by atoms with E-state index in [0.717, 1.165) is 16.8 Å². The molecule has 3 nitrogen and oxygen atoms in total. The zero-order valence-electron chi connectivity index (χ0n) is 14.4. The number of rotatable bonds is 3. The van der Waals surface area contributed by atoms with Crippen molar-refractivity contribution in [2.75, 3.05) is 13.1 Å². The van der Waals surface area contributed by atoms with Crippen LogP contribution in [-0.2, 0) is 9.84 Å². The van der Waals surface area contributed by atoms with E-state index in [-0.39, 0.29) is 10.1 Å². The van der Waals surface area contributed by atoms with Crippen molar-refractivity contribution in [2.45, 2.75) is 63.9 Å². The molecule has 0 spiro atoms. The van der Waals surface area contributed by atoms with Crippen LogP contribution in [0.15, 0.2) is 9.81 Å². The molecule has 2 rings (SSSR count). The van der Waals surface area contributed by atoms with Gasteiger partial charge in [-0.25, -0.2) is 0 Å². The summed E-state index contributed by atoms with van der Waals surface area (Å²) in [4.78, 5) is 2.48. The molecule has 0 aliphatic carbocycles. The summed E-state index contributed by atoms with van der Waals surface area (Å²) < 4.78 is 27.3. The van der Waals surface area contributed by atoms with Gasteiger partial charge >= 0.3 is 137 Å². The Hall–Kier alpha value is 0.736. The molecule has 21 heavy (non-hydrogen) atoms. The fourth-order valence-corrected chi connectivity index (χ4v) is 25.4. The van der Waals surface area contributed by atoms with Crippen LogP contribution in [0, 0.1) is 0 Å². The third-order valence-electron chi connectivity index (χ3n) is 4.68. The summed E-state index contributed by atoms with van der Waals surface area (Å²) in [5, 5.41) is 0. The van der Waals surface area contributed by atoms with Gasteiger partial charge in [0.05, 0.1) is 0 Å². The van der Waals surface area contributed by atoms with E-state index in [4.69, 9.17) is 0 Å². The molecule has 0 bridgehead atoms. The minimum absolute atomic E-state index is 0.0875. The summed E-state index contributed by atoms with van der Waals surface area (Å²) in [5.74, 6) is 13.5. The summed E-state index contributed by atoms with van der Waals surface area (Å²) in [6.07, 6.45) is 5.94. The van der Waals surface area contributed by atoms with Crippen molar-refractivity contribution in [3.63, 3.8) is 0 Å². The average molecular weight is 435 g/mol. The minimum atomic E-state index is -3.06. The van der Waals surface area contributed by atoms with Gasteiger partial charge in [-0.05, 0) is 0 Å². The molecule has 2 heterocycles. The van der Waals surface area contributed by atoms with E-state index < -0.39 is 36.4 Å². The van der Waals surface area contributed by atoms with Crippen LogP contribution in [0.3, 0.4) is 0 Å². The van der Waals surface area contributed by atoms with Crippen LogP contribution in [0.4, 0.5) is 0 Å². The molecule has 2 aliphatic rings. The molecular weight excluding hydrogens is 403 g/mol. The number of sulfone groups is 1. The third kappa shape index (κ3) is 3.64. The van der Waals surface area contributed by atoms with E-state index in [2.05, 4.69) is 45.5 Å². The fourth-order valence-electron chi connectivity index (χ4n) is 3.83. The van der Waals surface area contributed by atoms with Crippen molar-refractivity contribution in [3.8, 4) is 0 Å². The topological polar surface area (TPSA) is 37.4 Å². The quantitative estimate of drug-likeness (QED) is 0.640. The molecule has 1 fully saturated rings. The van der Waals surface area contributed by atoms with E-state index in [0.29, 0.717) is 0 Å². The molecule has 0 aromatic heterocycles. The van der Waals surface area contributed by atoms with Crippen LogP contribution >= 0.6 is 0 Å². The van der Waals surface area contributed by atoms with Gasteiger partial charge in [0.25, 0.3) is 0 Å². The number of nitrogens with zero attached hydrogens (tertiary/aromatic N) is 1. The fraction of sp³-hybridized carbons (Fsp3) is 0.867. The molecule has 0 radical (unpaired) electrons. The van der Waals surface area contributed by atoms with Crippen LogP contribution in [-0.4, -0.2) is 63.1 Å². The van der Waals surface area contributed by atoms with Crippen molar-refractivity contribution in [1.82, 2.24) is 4.90 Å². The second-order valence-corrected chi connectivity index (χ2v) is 34.2. The van der Waals surface area contributed by atoms with Crippen LogP contribution in [0.25, 0.3) is 0 Å². The predicted molar refractivity (Wildman–Crippen MR) is 96.7 cm³/mol. The molecule has 0 aromatic rings. The molecule has 0 N–H and O–H groups in total. The molecule has 2 aliphatic heterocycles. The molecule has 0 aromatic carbocycles. The molecule has 122 valence electrons. The standard InChI is InChI=1S/C15H31Ge2NO2S/c1-16(2,3)14-12-13(18-10-8-7-9-11-18)15(17(4,5)6)21(14,19)20/h12-13,15H,7-11H2,1-6H3. The first kappa shape index (κ1) is 18.1. The van der Waals surface area contributed by atoms with Crippen LogP contribution in [0.2, 0.25) is 34.5 Å². The van der Waals surface area contributed by atoms with Crippen molar-refractivity contribution in [2.24, 2.45) is 0 Å². The zero-order valence-corrected chi connectivity index (χ0v) is 19.5. The van der Waals surface area contributed by atoms with Gasteiger partial charge in [0, 0.05) is 0 Å². The van der Waals surface area contributed by atoms with E-state index in [1.807, 2.05) is 0 Å². The number of likely N-dealkylation sites (tertiary alicyclic amines) is 1. The molecular formula is C15H31Ge2NO2S. The first-order valence-electron chi connectivity index (χ1n) is 8.16. The van der Waals surface area contributed by atoms with Gasteiger partial charge < -0.3 is 0 Å². The van der Waals surface area contributed by atoms with E-state index in [1.54, 1.807) is 0 Å². The maximum absolute atomic E-state index is 13.2. The SMILES string of the molecule is [CH3][Ge]([CH3])([CH3])[C]1=CC(N2CCCCC2)[CH]([Ge]([CH3])([CH3])[CH3])S1(=O)=O. The molecule has 0 amide bonds. The average Bonchev–Trinajstić information content (AvgIpc) is 2.61. The molecule has 6 heteroatoms. The molecule has 2 unspecified atom stereocenters. The van der Waals surface area contributed by atoms with Gasteiger partial charge in [-0.1, -0.05) is 0 Å². The van der Waals surface area contributed by atoms with Crippen LogP contribution in [0.5, 0.6) is 0 Å². The Kier molecular flexibility index (Phi) is 5.15. The first-order chi connectivity index (χ1) is 9.45. The first-order valence-corrected chi connectivity index (χ1v) is 24.6. The number of hydrogen-bond donors (Lipinski definition) is 0. The Labute approximate surface area is 136 Å². The van der Waals surface area contributed by atoms with Gasteiger partial charge in [0.15, 0.2) is 0 Å². The Morgan fingerprint density at radius 2 is 1.52 bits per heavy atom. The van der Waals surface area contributed by atoms with E-state index >= 15 is 0 Å². The number of piperidine rings is 1. The van der Waals surface area contributed by atoms with Gasteiger partial charge in [0.2, 0.25) is 0 Å². The molecule has 0 saturated carbocycles. The van der Waals surface area contributed by atoms with Gasteiger partial charge in [-0.15, -0.1) is 0 Å². The van der Waals surface area contributed by atoms with Crippen molar-refractivity contribution in [3.05, 3.63) is 9.81 Å². The Morgan fingerprint density at radius 1 is 1.00 bits per heavy atom. The summed E-state index contributed by atoms with van der Waals surface area (Å²) in [6, 6.07) is 0.176. The molecule has 2 atom stereocenters. The van der Waals surface area contributed by atoms with Crippen molar-refractivity contribution >= 4 is 36.4 Å². The maximum atomic E-state index is 13.2. The predicted octanol–water partition coefficient (Wildman–Crippen LogP) is 3.28. The van der Waals surface area contributed by atoms with Crippen molar-refractivity contribution < 1.29 is 8.42 Å². The summed E-state index contributed by atoms with van der Waals surface area (Å²) >= 11 is -4.67. The zero-order chi connectivity index (χ0) is 16.1. The monoisotopic (exact) mass is 437 g/mol.